The van der Waals surface area contributed by atoms with Gasteiger partial charge in [-0.15, -0.1) is 0 Å². The molecule has 4 heterocycles. The standard InChI is InChI=1S/C22H19N3O6/c1-3-22(29)14-6-16-19-12(8-25(16)20(27)13(14)9-31-21(22)28)10(2)18-11(7-23-30)17(26)5-4-15(18)24-19/h4-7,26,29-30H,3,8-9H2,1-2H3/b23-7+/t22-/m0/s1. The van der Waals surface area contributed by atoms with Crippen LogP contribution in [-0.2, 0) is 28.3 Å². The minimum absolute atomic E-state index is 0.0537. The fourth-order valence-corrected chi connectivity index (χ4v) is 4.61. The summed E-state index contributed by atoms with van der Waals surface area (Å²) in [6.45, 7) is 3.56. The number of carbonyl (C=O) groups is 1. The smallest absolute Gasteiger partial charge is 0.343 e. The van der Waals surface area contributed by atoms with Crippen LogP contribution in [0.3, 0.4) is 0 Å². The Labute approximate surface area is 175 Å². The Bertz CT molecular complexity index is 1390. The van der Waals surface area contributed by atoms with Gasteiger partial charge < -0.3 is 24.7 Å². The molecule has 0 amide bonds. The predicted octanol–water partition coefficient (Wildman–Crippen LogP) is 1.90. The fraction of sp³-hybridized carbons (Fsp3) is 0.273. The third-order valence-electron chi connectivity index (χ3n) is 6.33. The molecule has 0 spiro atoms. The highest BCUT2D eigenvalue weighted by molar-refractivity contribution is 6.04. The zero-order chi connectivity index (χ0) is 22.1. The summed E-state index contributed by atoms with van der Waals surface area (Å²) < 4.78 is 6.64. The molecule has 0 bridgehead atoms. The van der Waals surface area contributed by atoms with Gasteiger partial charge in [-0.05, 0) is 37.1 Å². The highest BCUT2D eigenvalue weighted by Gasteiger charge is 2.45. The summed E-state index contributed by atoms with van der Waals surface area (Å²) >= 11 is 0. The van der Waals surface area contributed by atoms with Crippen molar-refractivity contribution in [3.8, 4) is 17.1 Å². The number of rotatable bonds is 2. The molecule has 3 aromatic rings. The molecule has 1 aromatic carbocycles. The van der Waals surface area contributed by atoms with Gasteiger partial charge in [-0.2, -0.15) is 0 Å². The van der Waals surface area contributed by atoms with Crippen LogP contribution in [0, 0.1) is 6.92 Å². The summed E-state index contributed by atoms with van der Waals surface area (Å²) in [4.78, 5) is 30.2. The number of pyridine rings is 2. The highest BCUT2D eigenvalue weighted by Crippen LogP contribution is 2.41. The molecule has 0 saturated carbocycles. The second-order valence-electron chi connectivity index (χ2n) is 7.80. The van der Waals surface area contributed by atoms with Crippen LogP contribution in [-0.4, -0.2) is 37.2 Å². The lowest BCUT2D eigenvalue weighted by atomic mass is 9.86. The lowest BCUT2D eigenvalue weighted by Gasteiger charge is -2.31. The first-order valence-corrected chi connectivity index (χ1v) is 9.81. The van der Waals surface area contributed by atoms with Crippen LogP contribution in [0.25, 0.3) is 22.3 Å². The number of nitrogens with zero attached hydrogens (tertiary/aromatic N) is 3. The van der Waals surface area contributed by atoms with E-state index in [1.165, 1.54) is 6.07 Å². The molecular weight excluding hydrogens is 402 g/mol. The summed E-state index contributed by atoms with van der Waals surface area (Å²) in [6, 6.07) is 4.76. The zero-order valence-corrected chi connectivity index (χ0v) is 16.8. The van der Waals surface area contributed by atoms with Gasteiger partial charge in [-0.25, -0.2) is 9.78 Å². The zero-order valence-electron chi connectivity index (χ0n) is 16.8. The van der Waals surface area contributed by atoms with Crippen LogP contribution in [0.1, 0.15) is 41.2 Å². The van der Waals surface area contributed by atoms with Gasteiger partial charge in [0.05, 0.1) is 35.2 Å². The molecule has 1 atom stereocenters. The minimum Gasteiger partial charge on any atom is -0.507 e. The van der Waals surface area contributed by atoms with Crippen molar-refractivity contribution in [3.05, 3.63) is 56.4 Å². The molecule has 2 aliphatic rings. The van der Waals surface area contributed by atoms with Crippen LogP contribution >= 0.6 is 0 Å². The number of aromatic hydroxyl groups is 1. The number of esters is 1. The predicted molar refractivity (Wildman–Crippen MR) is 110 cm³/mol. The van der Waals surface area contributed by atoms with E-state index in [4.69, 9.17) is 14.9 Å². The largest absolute Gasteiger partial charge is 0.507 e. The lowest BCUT2D eigenvalue weighted by molar-refractivity contribution is -0.172. The first-order valence-electron chi connectivity index (χ1n) is 9.81. The SMILES string of the molecule is CC[C@@]1(O)C(=O)OCc2c1cc1n(c2=O)Cc2c-1nc1ccc(O)c(/C=N/O)c1c2C. The van der Waals surface area contributed by atoms with Crippen molar-refractivity contribution in [3.63, 3.8) is 0 Å². The van der Waals surface area contributed by atoms with Crippen molar-refractivity contribution in [2.75, 3.05) is 0 Å². The van der Waals surface area contributed by atoms with Gasteiger partial charge in [0.1, 0.15) is 12.4 Å². The summed E-state index contributed by atoms with van der Waals surface area (Å²) in [5.41, 5.74) is 1.81. The quantitative estimate of drug-likeness (QED) is 0.195. The van der Waals surface area contributed by atoms with Gasteiger partial charge in [-0.1, -0.05) is 12.1 Å². The van der Waals surface area contributed by atoms with Gasteiger partial charge in [0.15, 0.2) is 5.60 Å². The molecule has 2 aliphatic heterocycles. The summed E-state index contributed by atoms with van der Waals surface area (Å²) in [6.07, 6.45) is 1.22. The van der Waals surface area contributed by atoms with E-state index < -0.39 is 11.6 Å². The monoisotopic (exact) mass is 421 g/mol. The van der Waals surface area contributed by atoms with E-state index in [-0.39, 0.29) is 42.0 Å². The van der Waals surface area contributed by atoms with Gasteiger partial charge in [0, 0.05) is 22.1 Å². The molecule has 0 radical (unpaired) electrons. The Morgan fingerprint density at radius 2 is 2.10 bits per heavy atom. The number of phenolic OH excluding ortho intramolecular Hbond substituents is 1. The number of ether oxygens (including phenoxy) is 1. The number of aliphatic hydroxyl groups is 1. The van der Waals surface area contributed by atoms with E-state index in [2.05, 4.69) is 5.16 Å². The number of fused-ring (bicyclic) bond motifs is 5. The van der Waals surface area contributed by atoms with Gasteiger partial charge in [0.25, 0.3) is 5.56 Å². The van der Waals surface area contributed by atoms with Crippen molar-refractivity contribution >= 4 is 23.1 Å². The van der Waals surface area contributed by atoms with Crippen molar-refractivity contribution < 1.29 is 25.0 Å². The third kappa shape index (κ3) is 2.40. The second kappa shape index (κ2) is 6.39. The molecule has 2 aromatic heterocycles. The Balaban J connectivity index is 1.83. The summed E-state index contributed by atoms with van der Waals surface area (Å²) in [5, 5.41) is 33.8. The molecule has 31 heavy (non-hydrogen) atoms. The van der Waals surface area contributed by atoms with Crippen LogP contribution in [0.5, 0.6) is 5.75 Å². The molecule has 0 aliphatic carbocycles. The van der Waals surface area contributed by atoms with Crippen molar-refractivity contribution in [1.82, 2.24) is 9.55 Å². The van der Waals surface area contributed by atoms with Crippen molar-refractivity contribution in [2.24, 2.45) is 5.16 Å². The van der Waals surface area contributed by atoms with Crippen LogP contribution < -0.4 is 5.56 Å². The van der Waals surface area contributed by atoms with Crippen LogP contribution in [0.4, 0.5) is 0 Å². The molecule has 3 N–H and O–H groups in total. The average molecular weight is 421 g/mol. The number of aromatic nitrogens is 2. The van der Waals surface area contributed by atoms with Gasteiger partial charge in [0.2, 0.25) is 0 Å². The summed E-state index contributed by atoms with van der Waals surface area (Å²) in [7, 11) is 0. The number of oxime groups is 1. The molecule has 158 valence electrons. The summed E-state index contributed by atoms with van der Waals surface area (Å²) in [5.74, 6) is -0.821. The fourth-order valence-electron chi connectivity index (χ4n) is 4.61. The average Bonchev–Trinajstić information content (AvgIpc) is 3.13. The normalized spacial score (nSPS) is 19.4. The van der Waals surface area contributed by atoms with Gasteiger partial charge in [-0.3, -0.25) is 4.79 Å². The highest BCUT2D eigenvalue weighted by atomic mass is 16.6. The number of phenols is 1. The number of cyclic esters (lactones) is 1. The van der Waals surface area contributed by atoms with E-state index >= 15 is 0 Å². The van der Waals surface area contributed by atoms with E-state index in [9.17, 15) is 19.8 Å². The maximum atomic E-state index is 13.3. The molecular formula is C22H19N3O6. The molecule has 0 unspecified atom stereocenters. The van der Waals surface area contributed by atoms with Crippen molar-refractivity contribution in [1.29, 1.82) is 0 Å². The molecule has 0 fully saturated rings. The number of aryl methyl sites for hydroxylation is 1. The Kier molecular flexibility index (Phi) is 3.97. The third-order valence-corrected chi connectivity index (χ3v) is 6.33. The Morgan fingerprint density at radius 3 is 2.81 bits per heavy atom. The first-order chi connectivity index (χ1) is 14.8. The van der Waals surface area contributed by atoms with Crippen LogP contribution in [0.15, 0.2) is 28.1 Å². The Hall–Kier alpha value is -3.72. The van der Waals surface area contributed by atoms with E-state index in [0.717, 1.165) is 17.3 Å². The topological polar surface area (TPSA) is 134 Å². The van der Waals surface area contributed by atoms with Crippen molar-refractivity contribution in [2.45, 2.75) is 39.0 Å². The van der Waals surface area contributed by atoms with E-state index in [0.29, 0.717) is 27.9 Å². The molecule has 0 saturated heterocycles. The number of carbonyl (C=O) groups excluding carboxylic acids is 1. The van der Waals surface area contributed by atoms with E-state index in [1.54, 1.807) is 23.6 Å². The minimum atomic E-state index is -1.88. The Morgan fingerprint density at radius 1 is 1.32 bits per heavy atom. The molecule has 9 nitrogen and oxygen atoms in total. The van der Waals surface area contributed by atoms with Gasteiger partial charge >= 0.3 is 5.97 Å². The lowest BCUT2D eigenvalue weighted by Crippen LogP contribution is -2.44. The number of hydrogen-bond acceptors (Lipinski definition) is 8. The first kappa shape index (κ1) is 19.3. The maximum absolute atomic E-state index is 13.3. The molecule has 5 rings (SSSR count). The maximum Gasteiger partial charge on any atom is 0.343 e. The van der Waals surface area contributed by atoms with E-state index in [1.807, 2.05) is 6.92 Å². The van der Waals surface area contributed by atoms with Crippen LogP contribution in [0.2, 0.25) is 0 Å². The number of hydrogen-bond donors (Lipinski definition) is 3. The second-order valence-corrected chi connectivity index (χ2v) is 7.80. The number of benzene rings is 1. The molecule has 9 heteroatoms.